The van der Waals surface area contributed by atoms with Gasteiger partial charge in [-0.15, -0.1) is 0 Å². The Morgan fingerprint density at radius 1 is 1.21 bits per heavy atom. The molecular formula is C18H16N2O4. The van der Waals surface area contributed by atoms with E-state index < -0.39 is 0 Å². The molecule has 3 aromatic rings. The van der Waals surface area contributed by atoms with E-state index in [1.807, 2.05) is 13.0 Å². The van der Waals surface area contributed by atoms with Crippen molar-refractivity contribution in [3.8, 4) is 23.0 Å². The van der Waals surface area contributed by atoms with Crippen LogP contribution in [-0.4, -0.2) is 26.0 Å². The number of aromatic nitrogens is 2. The maximum absolute atomic E-state index is 12.2. The fourth-order valence-electron chi connectivity index (χ4n) is 2.35. The van der Waals surface area contributed by atoms with Crippen molar-refractivity contribution in [3.63, 3.8) is 0 Å². The van der Waals surface area contributed by atoms with Crippen LogP contribution < -0.4 is 0 Å². The minimum atomic E-state index is -0.243. The van der Waals surface area contributed by atoms with E-state index in [1.165, 1.54) is 18.4 Å². The van der Waals surface area contributed by atoms with Crippen LogP contribution in [0.1, 0.15) is 28.2 Å². The highest BCUT2D eigenvalue weighted by atomic mass is 16.3. The Bertz CT molecular complexity index is 886. The van der Waals surface area contributed by atoms with Crippen LogP contribution >= 0.6 is 0 Å². The molecule has 3 rings (SSSR count). The lowest BCUT2D eigenvalue weighted by Gasteiger charge is -2.02. The third kappa shape index (κ3) is 3.27. The Morgan fingerprint density at radius 3 is 2.79 bits per heavy atom. The van der Waals surface area contributed by atoms with Gasteiger partial charge in [-0.2, -0.15) is 0 Å². The van der Waals surface area contributed by atoms with Crippen molar-refractivity contribution in [2.45, 2.75) is 19.8 Å². The average Bonchev–Trinajstić information content (AvgIpc) is 3.04. The molecule has 0 bridgehead atoms. The van der Waals surface area contributed by atoms with Gasteiger partial charge in [0.15, 0.2) is 17.3 Å². The zero-order valence-corrected chi connectivity index (χ0v) is 13.1. The number of hydrogen-bond acceptors (Lipinski definition) is 6. The van der Waals surface area contributed by atoms with Gasteiger partial charge in [0, 0.05) is 24.6 Å². The van der Waals surface area contributed by atoms with E-state index in [1.54, 1.807) is 18.3 Å². The lowest BCUT2D eigenvalue weighted by atomic mass is 10.1. The van der Waals surface area contributed by atoms with Crippen LogP contribution in [0.4, 0.5) is 0 Å². The van der Waals surface area contributed by atoms with Crippen molar-refractivity contribution in [1.29, 1.82) is 0 Å². The molecule has 0 saturated carbocycles. The first-order chi connectivity index (χ1) is 11.5. The summed E-state index contributed by atoms with van der Waals surface area (Å²) in [5, 5.41) is 18.9. The number of nitrogens with zero attached hydrogens (tertiary/aromatic N) is 2. The van der Waals surface area contributed by atoms with E-state index in [0.29, 0.717) is 29.3 Å². The van der Waals surface area contributed by atoms with Gasteiger partial charge in [-0.05, 0) is 36.8 Å². The van der Waals surface area contributed by atoms with Crippen LogP contribution in [0.15, 0.2) is 47.2 Å². The van der Waals surface area contributed by atoms with Crippen LogP contribution in [0.5, 0.6) is 11.5 Å². The molecule has 1 aromatic carbocycles. The number of phenolic OH excluding ortho intramolecular Hbond substituents is 2. The van der Waals surface area contributed by atoms with Crippen molar-refractivity contribution in [2.75, 3.05) is 0 Å². The molecule has 0 radical (unpaired) electrons. The third-order valence-electron chi connectivity index (χ3n) is 3.66. The Labute approximate surface area is 138 Å². The highest BCUT2D eigenvalue weighted by Crippen LogP contribution is 2.30. The predicted octanol–water partition coefficient (Wildman–Crippen LogP) is 3.27. The normalized spacial score (nSPS) is 10.7. The molecule has 0 fully saturated rings. The Balaban J connectivity index is 1.69. The highest BCUT2D eigenvalue weighted by molar-refractivity contribution is 5.95. The quantitative estimate of drug-likeness (QED) is 0.552. The van der Waals surface area contributed by atoms with Crippen LogP contribution in [-0.2, 0) is 6.42 Å². The summed E-state index contributed by atoms with van der Waals surface area (Å²) in [5.74, 6) is -0.170. The Hall–Kier alpha value is -3.15. The maximum atomic E-state index is 12.2. The van der Waals surface area contributed by atoms with Crippen LogP contribution in [0.25, 0.3) is 11.5 Å². The summed E-state index contributed by atoms with van der Waals surface area (Å²) >= 11 is 0. The molecule has 6 heteroatoms. The van der Waals surface area contributed by atoms with Gasteiger partial charge in [-0.1, -0.05) is 6.07 Å². The lowest BCUT2D eigenvalue weighted by Crippen LogP contribution is -2.06. The zero-order valence-electron chi connectivity index (χ0n) is 13.1. The average molecular weight is 324 g/mol. The molecular weight excluding hydrogens is 308 g/mol. The van der Waals surface area contributed by atoms with Gasteiger partial charge < -0.3 is 14.6 Å². The van der Waals surface area contributed by atoms with Gasteiger partial charge in [0.2, 0.25) is 5.89 Å². The van der Waals surface area contributed by atoms with E-state index in [4.69, 9.17) is 4.42 Å². The monoisotopic (exact) mass is 324 g/mol. The molecule has 0 atom stereocenters. The molecule has 122 valence electrons. The number of pyridine rings is 1. The van der Waals surface area contributed by atoms with Crippen LogP contribution in [0.2, 0.25) is 0 Å². The number of hydrogen-bond donors (Lipinski definition) is 2. The number of aryl methyl sites for hydroxylation is 2. The van der Waals surface area contributed by atoms with Gasteiger partial charge in [0.05, 0.1) is 5.69 Å². The van der Waals surface area contributed by atoms with Gasteiger partial charge in [0.1, 0.15) is 12.0 Å². The number of oxazole rings is 1. The van der Waals surface area contributed by atoms with Gasteiger partial charge in [-0.3, -0.25) is 9.78 Å². The van der Waals surface area contributed by atoms with Gasteiger partial charge >= 0.3 is 0 Å². The zero-order chi connectivity index (χ0) is 17.1. The number of carbonyl (C=O) groups excluding carboxylic acids is 1. The van der Waals surface area contributed by atoms with Crippen LogP contribution in [0, 0.1) is 6.92 Å². The van der Waals surface area contributed by atoms with E-state index >= 15 is 0 Å². The van der Waals surface area contributed by atoms with E-state index in [2.05, 4.69) is 9.97 Å². The molecule has 0 saturated heterocycles. The predicted molar refractivity (Wildman–Crippen MR) is 86.9 cm³/mol. The number of benzene rings is 1. The first-order valence-corrected chi connectivity index (χ1v) is 7.46. The van der Waals surface area contributed by atoms with E-state index in [9.17, 15) is 15.0 Å². The second-order valence-corrected chi connectivity index (χ2v) is 5.44. The van der Waals surface area contributed by atoms with E-state index in [0.717, 1.165) is 5.56 Å². The largest absolute Gasteiger partial charge is 0.504 e. The minimum absolute atomic E-state index is 0.0417. The first-order valence-electron chi connectivity index (χ1n) is 7.46. The van der Waals surface area contributed by atoms with Crippen LogP contribution in [0.3, 0.4) is 0 Å². The van der Waals surface area contributed by atoms with Crippen molar-refractivity contribution in [3.05, 3.63) is 59.7 Å². The van der Waals surface area contributed by atoms with Crippen molar-refractivity contribution in [2.24, 2.45) is 0 Å². The summed E-state index contributed by atoms with van der Waals surface area (Å²) < 4.78 is 5.38. The van der Waals surface area contributed by atoms with Crippen molar-refractivity contribution < 1.29 is 19.4 Å². The molecule has 24 heavy (non-hydrogen) atoms. The maximum Gasteiger partial charge on any atom is 0.226 e. The molecule has 0 aliphatic rings. The number of carbonyl (C=O) groups is 1. The number of rotatable bonds is 5. The molecule has 2 aromatic heterocycles. The molecule has 6 nitrogen and oxygen atoms in total. The van der Waals surface area contributed by atoms with Crippen molar-refractivity contribution >= 4 is 5.78 Å². The second-order valence-electron chi connectivity index (χ2n) is 5.44. The standard InChI is InChI=1S/C18H16N2O4/c1-11-3-2-8-19-17(11)15(22)7-5-13-10-24-18(20-13)12-4-6-14(21)16(23)9-12/h2-4,6,8-10,21,23H,5,7H2,1H3. The number of Topliss-reactive ketones (excluding diaryl/α,β-unsaturated/α-hetero) is 1. The van der Waals surface area contributed by atoms with E-state index in [-0.39, 0.29) is 23.7 Å². The summed E-state index contributed by atoms with van der Waals surface area (Å²) in [6.45, 7) is 1.85. The highest BCUT2D eigenvalue weighted by Gasteiger charge is 2.13. The first kappa shape index (κ1) is 15.7. The van der Waals surface area contributed by atoms with Crippen molar-refractivity contribution in [1.82, 2.24) is 9.97 Å². The molecule has 0 aliphatic heterocycles. The Morgan fingerprint density at radius 2 is 2.04 bits per heavy atom. The number of phenols is 2. The molecule has 2 heterocycles. The summed E-state index contributed by atoms with van der Waals surface area (Å²) in [4.78, 5) is 20.6. The summed E-state index contributed by atoms with van der Waals surface area (Å²) in [6, 6.07) is 7.97. The topological polar surface area (TPSA) is 96.5 Å². The molecule has 0 unspecified atom stereocenters. The molecule has 0 amide bonds. The lowest BCUT2D eigenvalue weighted by molar-refractivity contribution is 0.0977. The Kier molecular flexibility index (Phi) is 4.29. The van der Waals surface area contributed by atoms with Gasteiger partial charge in [0.25, 0.3) is 0 Å². The smallest absolute Gasteiger partial charge is 0.226 e. The minimum Gasteiger partial charge on any atom is -0.504 e. The van der Waals surface area contributed by atoms with Gasteiger partial charge in [-0.25, -0.2) is 4.98 Å². The SMILES string of the molecule is Cc1cccnc1C(=O)CCc1coc(-c2ccc(O)c(O)c2)n1. The summed E-state index contributed by atoms with van der Waals surface area (Å²) in [7, 11) is 0. The molecule has 0 spiro atoms. The molecule has 2 N–H and O–H groups in total. The fraction of sp³-hybridized carbons (Fsp3) is 0.167. The summed E-state index contributed by atoms with van der Waals surface area (Å²) in [5.41, 5.74) is 2.51. The number of aromatic hydroxyl groups is 2. The molecule has 0 aliphatic carbocycles. The third-order valence-corrected chi connectivity index (χ3v) is 3.66. The fourth-order valence-corrected chi connectivity index (χ4v) is 2.35. The number of ketones is 1. The second kappa shape index (κ2) is 6.54. The summed E-state index contributed by atoms with van der Waals surface area (Å²) in [6.07, 6.45) is 3.80.